The number of carbonyl (C=O) groups excluding carboxylic acids is 1. The number of carbonyl (C=O) groups is 1. The number of hydrogen-bond donors (Lipinski definition) is 1. The Morgan fingerprint density at radius 3 is 2.89 bits per heavy atom. The molecule has 2 aromatic rings. The van der Waals surface area contributed by atoms with Crippen LogP contribution in [0.3, 0.4) is 0 Å². The lowest BCUT2D eigenvalue weighted by Crippen LogP contribution is -2.23. The van der Waals surface area contributed by atoms with E-state index in [2.05, 4.69) is 10.3 Å². The summed E-state index contributed by atoms with van der Waals surface area (Å²) in [6, 6.07) is 13.1. The first-order valence-corrected chi connectivity index (χ1v) is 5.91. The average molecular weight is 252 g/mol. The van der Waals surface area contributed by atoms with Gasteiger partial charge in [0.05, 0.1) is 29.4 Å². The summed E-state index contributed by atoms with van der Waals surface area (Å²) in [5, 5.41) is 5.08. The van der Waals surface area contributed by atoms with Gasteiger partial charge < -0.3 is 10.1 Å². The largest absolute Gasteiger partial charge is 0.465 e. The zero-order chi connectivity index (χ0) is 13.2. The van der Waals surface area contributed by atoms with Crippen molar-refractivity contribution in [1.82, 2.24) is 0 Å². The van der Waals surface area contributed by atoms with Crippen LogP contribution in [-0.2, 0) is 4.74 Å². The number of ether oxygens (including phenoxy) is 1. The highest BCUT2D eigenvalue weighted by molar-refractivity contribution is 5.92. The third kappa shape index (κ3) is 2.08. The molecule has 1 aliphatic heterocycles. The van der Waals surface area contributed by atoms with Crippen molar-refractivity contribution < 1.29 is 9.53 Å². The Balaban J connectivity index is 2.19. The SMILES string of the molecule is COC(=O)c1ccc2c(c1)N=c1ccccc1=CN2. The molecule has 0 atom stereocenters. The van der Waals surface area contributed by atoms with Gasteiger partial charge in [-0.2, -0.15) is 0 Å². The van der Waals surface area contributed by atoms with Crippen molar-refractivity contribution in [1.29, 1.82) is 0 Å². The first-order valence-electron chi connectivity index (χ1n) is 5.91. The lowest BCUT2D eigenvalue weighted by atomic mass is 10.1. The van der Waals surface area contributed by atoms with E-state index < -0.39 is 0 Å². The van der Waals surface area contributed by atoms with Crippen LogP contribution in [0.2, 0.25) is 0 Å². The predicted octanol–water partition coefficient (Wildman–Crippen LogP) is 1.59. The first-order chi connectivity index (χ1) is 9.28. The maximum atomic E-state index is 11.5. The Kier molecular flexibility index (Phi) is 2.76. The molecular weight excluding hydrogens is 240 g/mol. The molecule has 0 saturated carbocycles. The van der Waals surface area contributed by atoms with Crippen molar-refractivity contribution in [2.24, 2.45) is 4.99 Å². The number of rotatable bonds is 1. The van der Waals surface area contributed by atoms with E-state index >= 15 is 0 Å². The number of esters is 1. The van der Waals surface area contributed by atoms with Gasteiger partial charge in [-0.15, -0.1) is 0 Å². The minimum absolute atomic E-state index is 0.362. The molecule has 0 fully saturated rings. The molecule has 0 aromatic heterocycles. The van der Waals surface area contributed by atoms with Gasteiger partial charge >= 0.3 is 5.97 Å². The molecule has 94 valence electrons. The molecule has 19 heavy (non-hydrogen) atoms. The summed E-state index contributed by atoms with van der Waals surface area (Å²) in [6.45, 7) is 0. The van der Waals surface area contributed by atoms with Crippen molar-refractivity contribution in [3.63, 3.8) is 0 Å². The molecule has 0 amide bonds. The van der Waals surface area contributed by atoms with E-state index in [0.717, 1.165) is 22.0 Å². The number of fused-ring (bicyclic) bond motifs is 2. The van der Waals surface area contributed by atoms with Gasteiger partial charge in [-0.05, 0) is 24.3 Å². The van der Waals surface area contributed by atoms with Gasteiger partial charge in [0.2, 0.25) is 0 Å². The highest BCUT2D eigenvalue weighted by Gasteiger charge is 2.10. The van der Waals surface area contributed by atoms with Crippen molar-refractivity contribution in [3.8, 4) is 0 Å². The summed E-state index contributed by atoms with van der Waals surface area (Å²) < 4.78 is 4.72. The zero-order valence-corrected chi connectivity index (χ0v) is 10.4. The molecule has 0 radical (unpaired) electrons. The fourth-order valence-electron chi connectivity index (χ4n) is 1.99. The van der Waals surface area contributed by atoms with Crippen LogP contribution >= 0.6 is 0 Å². The molecule has 1 N–H and O–H groups in total. The quantitative estimate of drug-likeness (QED) is 0.784. The van der Waals surface area contributed by atoms with Crippen LogP contribution in [0.4, 0.5) is 11.4 Å². The van der Waals surface area contributed by atoms with E-state index in [1.165, 1.54) is 7.11 Å². The van der Waals surface area contributed by atoms with Crippen LogP contribution in [0.1, 0.15) is 10.4 Å². The van der Waals surface area contributed by atoms with Gasteiger partial charge in [-0.3, -0.25) is 0 Å². The third-order valence-corrected chi connectivity index (χ3v) is 2.98. The molecule has 0 saturated heterocycles. The third-order valence-electron chi connectivity index (χ3n) is 2.98. The van der Waals surface area contributed by atoms with Gasteiger partial charge in [0.15, 0.2) is 0 Å². The normalized spacial score (nSPS) is 11.8. The smallest absolute Gasteiger partial charge is 0.337 e. The fraction of sp³-hybridized carbons (Fsp3) is 0.0667. The number of hydrogen-bond acceptors (Lipinski definition) is 4. The maximum absolute atomic E-state index is 11.5. The zero-order valence-electron chi connectivity index (χ0n) is 10.4. The highest BCUT2D eigenvalue weighted by Crippen LogP contribution is 2.26. The monoisotopic (exact) mass is 252 g/mol. The van der Waals surface area contributed by atoms with Gasteiger partial charge in [0.25, 0.3) is 0 Å². The van der Waals surface area contributed by atoms with E-state index in [9.17, 15) is 4.79 Å². The standard InChI is InChI=1S/C15H12N2O2/c1-19-15(18)10-6-7-13-14(8-10)17-12-5-3-2-4-11(12)9-16-13/h2-9,16H,1H3. The van der Waals surface area contributed by atoms with Gasteiger partial charge in [-0.1, -0.05) is 18.2 Å². The average Bonchev–Trinajstić information content (AvgIpc) is 2.64. The first kappa shape index (κ1) is 11.5. The van der Waals surface area contributed by atoms with E-state index in [-0.39, 0.29) is 5.97 Å². The van der Waals surface area contributed by atoms with Crippen LogP contribution < -0.4 is 15.9 Å². The number of nitrogens with zero attached hydrogens (tertiary/aromatic N) is 1. The number of benzene rings is 2. The van der Waals surface area contributed by atoms with Gasteiger partial charge in [-0.25, -0.2) is 9.79 Å². The molecule has 0 spiro atoms. The maximum Gasteiger partial charge on any atom is 0.337 e. The Hall–Kier alpha value is -2.62. The topological polar surface area (TPSA) is 50.7 Å². The molecule has 0 unspecified atom stereocenters. The summed E-state index contributed by atoms with van der Waals surface area (Å²) in [4.78, 5) is 16.1. The molecular formula is C15H12N2O2. The predicted molar refractivity (Wildman–Crippen MR) is 72.8 cm³/mol. The van der Waals surface area contributed by atoms with Crippen LogP contribution in [0.25, 0.3) is 6.20 Å². The van der Waals surface area contributed by atoms with E-state index in [1.807, 2.05) is 36.5 Å². The van der Waals surface area contributed by atoms with Crippen LogP contribution in [0.15, 0.2) is 47.5 Å². The number of para-hydroxylation sites is 1. The molecule has 4 nitrogen and oxygen atoms in total. The lowest BCUT2D eigenvalue weighted by molar-refractivity contribution is 0.0601. The molecule has 0 aliphatic carbocycles. The highest BCUT2D eigenvalue weighted by atomic mass is 16.5. The molecule has 1 heterocycles. The molecule has 2 aromatic carbocycles. The summed E-state index contributed by atoms with van der Waals surface area (Å²) >= 11 is 0. The van der Waals surface area contributed by atoms with Crippen LogP contribution in [0, 0.1) is 0 Å². The molecule has 3 rings (SSSR count). The summed E-state index contributed by atoms with van der Waals surface area (Å²) in [5.74, 6) is -0.362. The van der Waals surface area contributed by atoms with Crippen molar-refractivity contribution in [3.05, 3.63) is 58.6 Å². The van der Waals surface area contributed by atoms with Crippen LogP contribution in [0.5, 0.6) is 0 Å². The molecule has 4 heteroatoms. The number of nitrogens with one attached hydrogen (secondary N) is 1. The minimum atomic E-state index is -0.362. The van der Waals surface area contributed by atoms with E-state index in [0.29, 0.717) is 5.56 Å². The Morgan fingerprint density at radius 2 is 2.05 bits per heavy atom. The Morgan fingerprint density at radius 1 is 1.21 bits per heavy atom. The fourth-order valence-corrected chi connectivity index (χ4v) is 1.99. The second kappa shape index (κ2) is 4.57. The Labute approximate surface area is 110 Å². The molecule has 1 aliphatic rings. The second-order valence-electron chi connectivity index (χ2n) is 4.18. The van der Waals surface area contributed by atoms with Crippen molar-refractivity contribution in [2.45, 2.75) is 0 Å². The number of methoxy groups -OCH3 is 1. The minimum Gasteiger partial charge on any atom is -0.465 e. The van der Waals surface area contributed by atoms with E-state index in [1.54, 1.807) is 12.1 Å². The van der Waals surface area contributed by atoms with Crippen molar-refractivity contribution >= 4 is 23.5 Å². The lowest BCUT2D eigenvalue weighted by Gasteiger charge is -2.05. The van der Waals surface area contributed by atoms with Crippen LogP contribution in [-0.4, -0.2) is 13.1 Å². The molecule has 0 bridgehead atoms. The van der Waals surface area contributed by atoms with Crippen molar-refractivity contribution in [2.75, 3.05) is 12.4 Å². The van der Waals surface area contributed by atoms with Gasteiger partial charge in [0.1, 0.15) is 0 Å². The summed E-state index contributed by atoms with van der Waals surface area (Å²) in [6.07, 6.45) is 1.91. The van der Waals surface area contributed by atoms with E-state index in [4.69, 9.17) is 4.74 Å². The Bertz CT molecular complexity index is 766. The van der Waals surface area contributed by atoms with Gasteiger partial charge in [0, 0.05) is 11.4 Å². The summed E-state index contributed by atoms with van der Waals surface area (Å²) in [5.41, 5.74) is 2.08. The summed E-state index contributed by atoms with van der Waals surface area (Å²) in [7, 11) is 1.37. The number of anilines is 1. The second-order valence-corrected chi connectivity index (χ2v) is 4.18.